The summed E-state index contributed by atoms with van der Waals surface area (Å²) in [6.45, 7) is 2.95. The van der Waals surface area contributed by atoms with Crippen LogP contribution in [0.25, 0.3) is 0 Å². The van der Waals surface area contributed by atoms with E-state index in [9.17, 15) is 14.0 Å². The van der Waals surface area contributed by atoms with Crippen LogP contribution in [0.15, 0.2) is 72.8 Å². The highest BCUT2D eigenvalue weighted by Crippen LogP contribution is 2.26. The van der Waals surface area contributed by atoms with Gasteiger partial charge in [-0.25, -0.2) is 9.18 Å². The smallest absolute Gasteiger partial charge is 0.337 e. The predicted molar refractivity (Wildman–Crippen MR) is 124 cm³/mol. The summed E-state index contributed by atoms with van der Waals surface area (Å²) >= 11 is 0. The quantitative estimate of drug-likeness (QED) is 0.570. The first-order chi connectivity index (χ1) is 16.0. The first-order valence-electron chi connectivity index (χ1n) is 11.0. The van der Waals surface area contributed by atoms with E-state index in [1.165, 1.54) is 30.4 Å². The first-order valence-corrected chi connectivity index (χ1v) is 11.0. The van der Waals surface area contributed by atoms with Crippen molar-refractivity contribution in [2.45, 2.75) is 38.5 Å². The Labute approximate surface area is 193 Å². The van der Waals surface area contributed by atoms with Crippen LogP contribution in [0.3, 0.4) is 0 Å². The molecule has 170 valence electrons. The summed E-state index contributed by atoms with van der Waals surface area (Å²) in [4.78, 5) is 27.3. The molecule has 5 nitrogen and oxygen atoms in total. The summed E-state index contributed by atoms with van der Waals surface area (Å²) in [7, 11) is 1.34. The Hall–Kier alpha value is -3.51. The van der Waals surface area contributed by atoms with Gasteiger partial charge in [-0.3, -0.25) is 4.79 Å². The number of nitrogens with one attached hydrogen (secondary N) is 1. The molecule has 1 amide bonds. The maximum absolute atomic E-state index is 13.7. The van der Waals surface area contributed by atoms with E-state index >= 15 is 0 Å². The number of carbonyl (C=O) groups is 2. The van der Waals surface area contributed by atoms with Crippen LogP contribution in [0.1, 0.15) is 45.6 Å². The van der Waals surface area contributed by atoms with Gasteiger partial charge in [-0.15, -0.1) is 0 Å². The summed E-state index contributed by atoms with van der Waals surface area (Å²) in [6, 6.07) is 20.8. The minimum atomic E-state index is -0.403. The molecule has 1 N–H and O–H groups in total. The van der Waals surface area contributed by atoms with E-state index in [1.54, 1.807) is 24.3 Å². The second-order valence-electron chi connectivity index (χ2n) is 8.29. The third-order valence-corrected chi connectivity index (χ3v) is 6.21. The molecule has 0 aromatic heterocycles. The van der Waals surface area contributed by atoms with E-state index in [0.717, 1.165) is 11.1 Å². The highest BCUT2D eigenvalue weighted by Gasteiger charge is 2.31. The summed E-state index contributed by atoms with van der Waals surface area (Å²) in [5.74, 6) is -0.731. The minimum Gasteiger partial charge on any atom is -0.465 e. The lowest BCUT2D eigenvalue weighted by Crippen LogP contribution is -2.49. The Morgan fingerprint density at radius 2 is 1.70 bits per heavy atom. The zero-order valence-electron chi connectivity index (χ0n) is 18.8. The fraction of sp³-hybridized carbons (Fsp3) is 0.259. The fourth-order valence-corrected chi connectivity index (χ4v) is 4.22. The van der Waals surface area contributed by atoms with Crippen molar-refractivity contribution >= 4 is 11.9 Å². The minimum absolute atomic E-state index is 0.0154. The number of benzene rings is 3. The lowest BCUT2D eigenvalue weighted by atomic mass is 9.94. The van der Waals surface area contributed by atoms with Crippen molar-refractivity contribution < 1.29 is 18.7 Å². The normalized spacial score (nSPS) is 15.9. The molecular formula is C27H27FN2O3. The van der Waals surface area contributed by atoms with E-state index in [2.05, 4.69) is 17.4 Å². The third kappa shape index (κ3) is 5.12. The van der Waals surface area contributed by atoms with Gasteiger partial charge in [0.05, 0.1) is 24.8 Å². The van der Waals surface area contributed by atoms with Gasteiger partial charge in [0.1, 0.15) is 5.82 Å². The van der Waals surface area contributed by atoms with Crippen LogP contribution in [-0.4, -0.2) is 29.9 Å². The van der Waals surface area contributed by atoms with E-state index in [1.807, 2.05) is 36.1 Å². The zero-order chi connectivity index (χ0) is 23.4. The molecule has 0 aliphatic carbocycles. The predicted octanol–water partition coefficient (Wildman–Crippen LogP) is 4.42. The topological polar surface area (TPSA) is 58.6 Å². The van der Waals surface area contributed by atoms with E-state index in [-0.39, 0.29) is 23.8 Å². The number of amides is 1. The van der Waals surface area contributed by atoms with Crippen LogP contribution >= 0.6 is 0 Å². The maximum atomic E-state index is 13.7. The van der Waals surface area contributed by atoms with Crippen molar-refractivity contribution in [3.05, 3.63) is 106 Å². The average Bonchev–Trinajstić information content (AvgIpc) is 2.86. The molecule has 0 bridgehead atoms. The lowest BCUT2D eigenvalue weighted by molar-refractivity contribution is -0.136. The molecule has 0 fully saturated rings. The van der Waals surface area contributed by atoms with Gasteiger partial charge in [0.25, 0.3) is 0 Å². The molecular weight excluding hydrogens is 419 g/mol. The number of esters is 1. The summed E-state index contributed by atoms with van der Waals surface area (Å²) in [6.07, 6.45) is 0.614. The van der Waals surface area contributed by atoms with Gasteiger partial charge in [0, 0.05) is 13.1 Å². The van der Waals surface area contributed by atoms with Gasteiger partial charge < -0.3 is 15.0 Å². The van der Waals surface area contributed by atoms with Gasteiger partial charge in [0.2, 0.25) is 5.91 Å². The van der Waals surface area contributed by atoms with Crippen molar-refractivity contribution in [2.75, 3.05) is 7.11 Å². The van der Waals surface area contributed by atoms with Crippen LogP contribution < -0.4 is 5.32 Å². The lowest BCUT2D eigenvalue weighted by Gasteiger charge is -2.35. The molecule has 0 saturated carbocycles. The van der Waals surface area contributed by atoms with Crippen molar-refractivity contribution in [2.24, 2.45) is 0 Å². The molecule has 1 aliphatic rings. The number of carbonyl (C=O) groups excluding carboxylic acids is 2. The summed E-state index contributed by atoms with van der Waals surface area (Å²) in [5, 5.41) is 3.38. The van der Waals surface area contributed by atoms with Crippen LogP contribution in [0.2, 0.25) is 0 Å². The van der Waals surface area contributed by atoms with Crippen LogP contribution in [-0.2, 0) is 29.0 Å². The van der Waals surface area contributed by atoms with Crippen LogP contribution in [0, 0.1) is 5.82 Å². The molecule has 0 unspecified atom stereocenters. The first kappa shape index (κ1) is 22.7. The van der Waals surface area contributed by atoms with Crippen LogP contribution in [0.5, 0.6) is 0 Å². The number of halogens is 1. The molecule has 1 aliphatic heterocycles. The van der Waals surface area contributed by atoms with E-state index in [4.69, 9.17) is 4.74 Å². The summed E-state index contributed by atoms with van der Waals surface area (Å²) < 4.78 is 18.3. The number of ether oxygens (including phenoxy) is 1. The second kappa shape index (κ2) is 9.96. The van der Waals surface area contributed by atoms with Crippen molar-refractivity contribution in [3.8, 4) is 0 Å². The van der Waals surface area contributed by atoms with Gasteiger partial charge in [0.15, 0.2) is 0 Å². The van der Waals surface area contributed by atoms with Gasteiger partial charge in [-0.2, -0.15) is 0 Å². The van der Waals surface area contributed by atoms with E-state index in [0.29, 0.717) is 25.1 Å². The molecule has 3 aromatic rings. The molecule has 0 saturated heterocycles. The molecule has 2 atom stereocenters. The SMILES string of the molecule is COC(=O)c1ccc(CN(C(=O)[C@@H]2Cc3ccccc3CN2)[C@H](C)c2ccc(F)cc2)cc1. The fourth-order valence-electron chi connectivity index (χ4n) is 4.22. The van der Waals surface area contributed by atoms with Crippen molar-refractivity contribution in [3.63, 3.8) is 0 Å². The molecule has 0 spiro atoms. The number of fused-ring (bicyclic) bond motifs is 1. The highest BCUT2D eigenvalue weighted by atomic mass is 19.1. The molecule has 33 heavy (non-hydrogen) atoms. The third-order valence-electron chi connectivity index (χ3n) is 6.21. The summed E-state index contributed by atoms with van der Waals surface area (Å²) in [5.41, 5.74) is 4.58. The zero-order valence-corrected chi connectivity index (χ0v) is 18.8. The van der Waals surface area contributed by atoms with Gasteiger partial charge in [-0.05, 0) is 59.9 Å². The highest BCUT2D eigenvalue weighted by molar-refractivity contribution is 5.89. The molecule has 0 radical (unpaired) electrons. The molecule has 4 rings (SSSR count). The Morgan fingerprint density at radius 3 is 2.36 bits per heavy atom. The van der Waals surface area contributed by atoms with Crippen molar-refractivity contribution in [1.82, 2.24) is 10.2 Å². The van der Waals surface area contributed by atoms with Gasteiger partial charge in [-0.1, -0.05) is 48.5 Å². The van der Waals surface area contributed by atoms with Crippen molar-refractivity contribution in [1.29, 1.82) is 0 Å². The Bertz CT molecular complexity index is 1130. The monoisotopic (exact) mass is 446 g/mol. The van der Waals surface area contributed by atoms with E-state index < -0.39 is 5.97 Å². The molecule has 1 heterocycles. The Morgan fingerprint density at radius 1 is 1.03 bits per heavy atom. The Kier molecular flexibility index (Phi) is 6.84. The van der Waals surface area contributed by atoms with Crippen LogP contribution in [0.4, 0.5) is 4.39 Å². The van der Waals surface area contributed by atoms with Gasteiger partial charge >= 0.3 is 5.97 Å². The maximum Gasteiger partial charge on any atom is 0.337 e. The average molecular weight is 447 g/mol. The molecule has 6 heteroatoms. The molecule has 3 aromatic carbocycles. The Balaban J connectivity index is 1.60. The number of nitrogens with zero attached hydrogens (tertiary/aromatic N) is 1. The number of hydrogen-bond acceptors (Lipinski definition) is 4. The largest absolute Gasteiger partial charge is 0.465 e. The number of hydrogen-bond donors (Lipinski definition) is 1. The number of methoxy groups -OCH3 is 1. The number of rotatable bonds is 6. The second-order valence-corrected chi connectivity index (χ2v) is 8.29. The standard InChI is InChI=1S/C27H27FN2O3/c1-18(20-11-13-24(28)14-12-20)30(17-19-7-9-21(10-8-19)27(32)33-2)26(31)25-15-22-5-3-4-6-23(22)16-29-25/h3-14,18,25,29H,15-17H2,1-2H3/t18-,25+/m1/s1.